The molecule has 0 saturated carbocycles. The van der Waals surface area contributed by atoms with Gasteiger partial charge in [-0.05, 0) is 43.4 Å². The highest BCUT2D eigenvalue weighted by molar-refractivity contribution is 5.65. The Morgan fingerprint density at radius 2 is 1.81 bits per heavy atom. The van der Waals surface area contributed by atoms with Crippen molar-refractivity contribution in [2.24, 2.45) is 0 Å². The molecule has 1 rings (SSSR count). The lowest BCUT2D eigenvalue weighted by Gasteiger charge is -2.16. The number of benzene rings is 1. The van der Waals surface area contributed by atoms with Crippen molar-refractivity contribution >= 4 is 5.70 Å². The second kappa shape index (κ2) is 5.20. The van der Waals surface area contributed by atoms with Gasteiger partial charge in [-0.25, -0.2) is 0 Å². The van der Waals surface area contributed by atoms with Crippen LogP contribution in [0.15, 0.2) is 24.8 Å². The van der Waals surface area contributed by atoms with Gasteiger partial charge in [0.05, 0.1) is 0 Å². The Hall–Kier alpha value is -1.24. The lowest BCUT2D eigenvalue weighted by atomic mass is 9.97. The maximum absolute atomic E-state index is 4.09. The molecule has 1 N–H and O–H groups in total. The third-order valence-electron chi connectivity index (χ3n) is 2.71. The van der Waals surface area contributed by atoms with Crippen LogP contribution in [0.1, 0.15) is 50.3 Å². The van der Waals surface area contributed by atoms with Crippen LogP contribution in [0.25, 0.3) is 5.70 Å². The molecular weight excluding hydrogens is 194 g/mol. The minimum absolute atomic E-state index is 0.427. The topological polar surface area (TPSA) is 12.0 Å². The Kier molecular flexibility index (Phi) is 4.17. The average Bonchev–Trinajstić information content (AvgIpc) is 2.15. The average molecular weight is 217 g/mol. The first kappa shape index (κ1) is 12.8. The normalized spacial score (nSPS) is 10.9. The SMILES string of the molecule is C=C(NC(C)C)c1ccc(C(C)C)cc1C. The third-order valence-corrected chi connectivity index (χ3v) is 2.71. The quantitative estimate of drug-likeness (QED) is 0.801. The fourth-order valence-corrected chi connectivity index (χ4v) is 1.81. The van der Waals surface area contributed by atoms with Crippen LogP contribution >= 0.6 is 0 Å². The van der Waals surface area contributed by atoms with Gasteiger partial charge in [0.25, 0.3) is 0 Å². The standard InChI is InChI=1S/C15H23N/c1-10(2)14-7-8-15(12(5)9-14)13(6)16-11(3)4/h7-11,16H,6H2,1-5H3. The molecule has 0 unspecified atom stereocenters. The Labute approximate surface area is 99.6 Å². The fraction of sp³-hybridized carbons (Fsp3) is 0.467. The van der Waals surface area contributed by atoms with Gasteiger partial charge in [-0.2, -0.15) is 0 Å². The van der Waals surface area contributed by atoms with Crippen LogP contribution in [0.2, 0.25) is 0 Å². The van der Waals surface area contributed by atoms with Gasteiger partial charge in [-0.1, -0.05) is 38.6 Å². The van der Waals surface area contributed by atoms with Crippen LogP contribution in [-0.2, 0) is 0 Å². The Bertz CT molecular complexity index is 375. The van der Waals surface area contributed by atoms with E-state index < -0.39 is 0 Å². The molecule has 0 bridgehead atoms. The van der Waals surface area contributed by atoms with Crippen LogP contribution in [0.4, 0.5) is 0 Å². The van der Waals surface area contributed by atoms with Crippen LogP contribution < -0.4 is 5.32 Å². The lowest BCUT2D eigenvalue weighted by Crippen LogP contribution is -2.20. The second-order valence-electron chi connectivity index (χ2n) is 5.01. The molecule has 0 aliphatic carbocycles. The summed E-state index contributed by atoms with van der Waals surface area (Å²) in [4.78, 5) is 0. The highest BCUT2D eigenvalue weighted by Crippen LogP contribution is 2.21. The molecule has 88 valence electrons. The predicted molar refractivity (Wildman–Crippen MR) is 72.6 cm³/mol. The van der Waals surface area contributed by atoms with Crippen LogP contribution in [0, 0.1) is 6.92 Å². The molecule has 0 saturated heterocycles. The highest BCUT2D eigenvalue weighted by Gasteiger charge is 2.06. The maximum Gasteiger partial charge on any atom is 0.0345 e. The predicted octanol–water partition coefficient (Wildman–Crippen LogP) is 4.09. The Morgan fingerprint density at radius 1 is 1.19 bits per heavy atom. The summed E-state index contributed by atoms with van der Waals surface area (Å²) >= 11 is 0. The largest absolute Gasteiger partial charge is 0.383 e. The molecule has 0 fully saturated rings. The molecule has 0 heterocycles. The van der Waals surface area contributed by atoms with E-state index in [1.54, 1.807) is 0 Å². The van der Waals surface area contributed by atoms with Crippen LogP contribution in [-0.4, -0.2) is 6.04 Å². The first-order chi connectivity index (χ1) is 7.41. The second-order valence-corrected chi connectivity index (χ2v) is 5.01. The molecule has 0 atom stereocenters. The van der Waals surface area contributed by atoms with Gasteiger partial charge in [0.1, 0.15) is 0 Å². The first-order valence-electron chi connectivity index (χ1n) is 5.98. The summed E-state index contributed by atoms with van der Waals surface area (Å²) in [5, 5.41) is 3.35. The van der Waals surface area contributed by atoms with E-state index in [-0.39, 0.29) is 0 Å². The lowest BCUT2D eigenvalue weighted by molar-refractivity contribution is 0.717. The van der Waals surface area contributed by atoms with Crippen molar-refractivity contribution in [2.45, 2.75) is 46.6 Å². The van der Waals surface area contributed by atoms with E-state index in [1.807, 2.05) is 0 Å². The van der Waals surface area contributed by atoms with Crippen LogP contribution in [0.3, 0.4) is 0 Å². The fourth-order valence-electron chi connectivity index (χ4n) is 1.81. The van der Waals surface area contributed by atoms with Crippen molar-refractivity contribution in [3.8, 4) is 0 Å². The molecular formula is C15H23N. The minimum Gasteiger partial charge on any atom is -0.383 e. The summed E-state index contributed by atoms with van der Waals surface area (Å²) in [5.41, 5.74) is 4.92. The Morgan fingerprint density at radius 3 is 2.25 bits per heavy atom. The molecule has 0 aromatic heterocycles. The number of aryl methyl sites for hydroxylation is 1. The number of hydrogen-bond donors (Lipinski definition) is 1. The third kappa shape index (κ3) is 3.13. The highest BCUT2D eigenvalue weighted by atomic mass is 14.9. The zero-order chi connectivity index (χ0) is 12.3. The molecule has 1 nitrogen and oxygen atoms in total. The van der Waals surface area contributed by atoms with E-state index in [4.69, 9.17) is 0 Å². The summed E-state index contributed by atoms with van der Waals surface area (Å²) in [7, 11) is 0. The molecule has 1 aromatic carbocycles. The summed E-state index contributed by atoms with van der Waals surface area (Å²) in [5.74, 6) is 0.582. The molecule has 0 aliphatic heterocycles. The van der Waals surface area contributed by atoms with E-state index in [9.17, 15) is 0 Å². The van der Waals surface area contributed by atoms with E-state index in [1.165, 1.54) is 16.7 Å². The van der Waals surface area contributed by atoms with E-state index in [0.717, 1.165) is 5.70 Å². The van der Waals surface area contributed by atoms with Crippen molar-refractivity contribution in [3.05, 3.63) is 41.5 Å². The van der Waals surface area contributed by atoms with E-state index >= 15 is 0 Å². The van der Waals surface area contributed by atoms with E-state index in [2.05, 4.69) is 64.7 Å². The van der Waals surface area contributed by atoms with Gasteiger partial charge in [-0.3, -0.25) is 0 Å². The van der Waals surface area contributed by atoms with Gasteiger partial charge in [0.15, 0.2) is 0 Å². The summed E-state index contributed by atoms with van der Waals surface area (Å²) in [6, 6.07) is 7.05. The molecule has 0 aliphatic rings. The van der Waals surface area contributed by atoms with E-state index in [0.29, 0.717) is 12.0 Å². The van der Waals surface area contributed by atoms with Gasteiger partial charge < -0.3 is 5.32 Å². The Balaban J connectivity index is 2.95. The van der Waals surface area contributed by atoms with Gasteiger partial charge in [-0.15, -0.1) is 0 Å². The molecule has 1 heteroatoms. The summed E-state index contributed by atoms with van der Waals surface area (Å²) in [6.45, 7) is 14.9. The van der Waals surface area contributed by atoms with Crippen molar-refractivity contribution in [3.63, 3.8) is 0 Å². The van der Waals surface area contributed by atoms with Crippen molar-refractivity contribution in [1.82, 2.24) is 5.32 Å². The van der Waals surface area contributed by atoms with Crippen molar-refractivity contribution < 1.29 is 0 Å². The van der Waals surface area contributed by atoms with Gasteiger partial charge in [0, 0.05) is 11.7 Å². The number of nitrogens with one attached hydrogen (secondary N) is 1. The summed E-state index contributed by atoms with van der Waals surface area (Å²) in [6.07, 6.45) is 0. The zero-order valence-corrected chi connectivity index (χ0v) is 11.1. The first-order valence-corrected chi connectivity index (χ1v) is 5.98. The molecule has 0 spiro atoms. The monoisotopic (exact) mass is 217 g/mol. The van der Waals surface area contributed by atoms with Crippen molar-refractivity contribution in [1.29, 1.82) is 0 Å². The molecule has 0 amide bonds. The maximum atomic E-state index is 4.09. The molecule has 1 aromatic rings. The molecule has 16 heavy (non-hydrogen) atoms. The smallest absolute Gasteiger partial charge is 0.0345 e. The van der Waals surface area contributed by atoms with Gasteiger partial charge in [0.2, 0.25) is 0 Å². The van der Waals surface area contributed by atoms with Gasteiger partial charge >= 0.3 is 0 Å². The van der Waals surface area contributed by atoms with Crippen molar-refractivity contribution in [2.75, 3.05) is 0 Å². The number of hydrogen-bond acceptors (Lipinski definition) is 1. The minimum atomic E-state index is 0.427. The summed E-state index contributed by atoms with van der Waals surface area (Å²) < 4.78 is 0. The number of rotatable bonds is 4. The molecule has 0 radical (unpaired) electrons. The zero-order valence-electron chi connectivity index (χ0n) is 11.1. The van der Waals surface area contributed by atoms with Crippen LogP contribution in [0.5, 0.6) is 0 Å².